The maximum absolute atomic E-state index is 13.7. The fourth-order valence-electron chi connectivity index (χ4n) is 4.81. The van der Waals surface area contributed by atoms with Crippen molar-refractivity contribution < 1.29 is 14.3 Å². The van der Waals surface area contributed by atoms with Gasteiger partial charge >= 0.3 is 0 Å². The summed E-state index contributed by atoms with van der Waals surface area (Å²) in [5.41, 5.74) is 4.72. The van der Waals surface area contributed by atoms with Crippen LogP contribution < -0.4 is 4.90 Å². The van der Waals surface area contributed by atoms with Gasteiger partial charge in [-0.05, 0) is 55.2 Å². The van der Waals surface area contributed by atoms with Gasteiger partial charge in [-0.3, -0.25) is 9.48 Å². The van der Waals surface area contributed by atoms with E-state index in [-0.39, 0.29) is 24.4 Å². The van der Waals surface area contributed by atoms with Crippen molar-refractivity contribution in [1.29, 1.82) is 0 Å². The van der Waals surface area contributed by atoms with E-state index in [1.165, 1.54) is 12.4 Å². The van der Waals surface area contributed by atoms with E-state index in [4.69, 9.17) is 4.98 Å². The highest BCUT2D eigenvalue weighted by Gasteiger charge is 2.25. The van der Waals surface area contributed by atoms with Crippen LogP contribution in [0.2, 0.25) is 0 Å². The zero-order chi connectivity index (χ0) is 23.9. The summed E-state index contributed by atoms with van der Waals surface area (Å²) in [4.78, 5) is 30.2. The molecule has 1 fully saturated rings. The molecule has 178 valence electrons. The number of amides is 1. The number of carbonyl (C=O) groups is 1. The minimum absolute atomic E-state index is 0.0159. The summed E-state index contributed by atoms with van der Waals surface area (Å²) in [6, 6.07) is 8.58. The summed E-state index contributed by atoms with van der Waals surface area (Å²) in [6.45, 7) is 1.95. The number of nitrogens with zero attached hydrogens (tertiary/aromatic N) is 7. The minimum atomic E-state index is -0.321. The molecule has 9 nitrogen and oxygen atoms in total. The second-order valence-electron chi connectivity index (χ2n) is 8.97. The second-order valence-corrected chi connectivity index (χ2v) is 8.97. The molecule has 1 amide bonds. The molecule has 0 atom stereocenters. The average Bonchev–Trinajstić information content (AvgIpc) is 3.50. The lowest BCUT2D eigenvalue weighted by atomic mass is 10.1. The maximum Gasteiger partial charge on any atom is 0.244 e. The second kappa shape index (κ2) is 8.70. The highest BCUT2D eigenvalue weighted by Crippen LogP contribution is 2.36. The van der Waals surface area contributed by atoms with Crippen molar-refractivity contribution in [3.63, 3.8) is 0 Å². The van der Waals surface area contributed by atoms with Gasteiger partial charge in [-0.1, -0.05) is 0 Å². The Morgan fingerprint density at radius 2 is 1.97 bits per heavy atom. The van der Waals surface area contributed by atoms with Crippen LogP contribution in [0.1, 0.15) is 18.4 Å². The van der Waals surface area contributed by atoms with Gasteiger partial charge in [0.15, 0.2) is 5.82 Å². The standard InChI is InChI=1S/C25H24FN7O2/c26-18-1-4-22-16(11-18)5-10-33(22)25-24-21(27-15-28-25)3-2-20(30-24)17-12-29-32(13-17)14-23(35)31-8-6-19(34)7-9-31/h1-4,11-13,15,19,34H,5-10,14H2. The lowest BCUT2D eigenvalue weighted by molar-refractivity contribution is -0.134. The van der Waals surface area contributed by atoms with Gasteiger partial charge in [0.05, 0.1) is 23.5 Å². The number of carbonyl (C=O) groups excluding carboxylic acids is 1. The molecule has 0 spiro atoms. The highest BCUT2D eigenvalue weighted by molar-refractivity contribution is 5.90. The fourth-order valence-corrected chi connectivity index (χ4v) is 4.81. The summed E-state index contributed by atoms with van der Waals surface area (Å²) >= 11 is 0. The number of aromatic nitrogens is 5. The van der Waals surface area contributed by atoms with Crippen LogP contribution >= 0.6 is 0 Å². The van der Waals surface area contributed by atoms with Crippen LogP contribution in [0.5, 0.6) is 0 Å². The Morgan fingerprint density at radius 1 is 1.11 bits per heavy atom. The summed E-state index contributed by atoms with van der Waals surface area (Å²) in [7, 11) is 0. The van der Waals surface area contributed by atoms with Gasteiger partial charge in [0.2, 0.25) is 5.91 Å². The quantitative estimate of drug-likeness (QED) is 0.486. The van der Waals surface area contributed by atoms with E-state index in [9.17, 15) is 14.3 Å². The zero-order valence-corrected chi connectivity index (χ0v) is 19.0. The molecule has 3 aromatic heterocycles. The molecule has 5 heterocycles. The number of fused-ring (bicyclic) bond motifs is 2. The SMILES string of the molecule is O=C(Cn1cc(-c2ccc3ncnc(N4CCc5cc(F)ccc54)c3n2)cn1)N1CCC(O)CC1. The van der Waals surface area contributed by atoms with Crippen molar-refractivity contribution >= 4 is 28.4 Å². The zero-order valence-electron chi connectivity index (χ0n) is 19.0. The molecular weight excluding hydrogens is 449 g/mol. The molecule has 1 aromatic carbocycles. The van der Waals surface area contributed by atoms with Gasteiger partial charge < -0.3 is 14.9 Å². The highest BCUT2D eigenvalue weighted by atomic mass is 19.1. The third-order valence-electron chi connectivity index (χ3n) is 6.70. The van der Waals surface area contributed by atoms with Crippen LogP contribution in [0.15, 0.2) is 49.1 Å². The summed E-state index contributed by atoms with van der Waals surface area (Å²) < 4.78 is 15.3. The smallest absolute Gasteiger partial charge is 0.244 e. The number of pyridine rings is 1. The number of benzene rings is 1. The largest absolute Gasteiger partial charge is 0.393 e. The molecule has 0 unspecified atom stereocenters. The van der Waals surface area contributed by atoms with E-state index in [1.54, 1.807) is 27.9 Å². The van der Waals surface area contributed by atoms with E-state index >= 15 is 0 Å². The first-order chi connectivity index (χ1) is 17.0. The van der Waals surface area contributed by atoms with E-state index in [0.717, 1.165) is 23.2 Å². The number of halogens is 1. The average molecular weight is 474 g/mol. The Hall–Kier alpha value is -3.92. The van der Waals surface area contributed by atoms with Crippen molar-refractivity contribution in [3.8, 4) is 11.3 Å². The number of anilines is 2. The third-order valence-corrected chi connectivity index (χ3v) is 6.70. The predicted molar refractivity (Wildman–Crippen MR) is 127 cm³/mol. The molecule has 0 saturated carbocycles. The van der Waals surface area contributed by atoms with Crippen LogP contribution in [0.4, 0.5) is 15.9 Å². The Morgan fingerprint density at radius 3 is 2.83 bits per heavy atom. The normalized spacial score (nSPS) is 16.2. The molecule has 4 aromatic rings. The van der Waals surface area contributed by atoms with Gasteiger partial charge in [-0.25, -0.2) is 19.3 Å². The molecule has 1 N–H and O–H groups in total. The summed E-state index contributed by atoms with van der Waals surface area (Å²) in [6.07, 6.45) is 6.65. The molecule has 0 radical (unpaired) electrons. The third kappa shape index (κ3) is 4.10. The molecule has 2 aliphatic heterocycles. The molecule has 2 aliphatic rings. The van der Waals surface area contributed by atoms with Crippen molar-refractivity contribution in [2.45, 2.75) is 31.9 Å². The molecule has 6 rings (SSSR count). The van der Waals surface area contributed by atoms with Gasteiger partial charge in [-0.2, -0.15) is 5.10 Å². The van der Waals surface area contributed by atoms with Gasteiger partial charge in [0.25, 0.3) is 0 Å². The number of rotatable bonds is 4. The van der Waals surface area contributed by atoms with Gasteiger partial charge in [0.1, 0.15) is 24.2 Å². The summed E-state index contributed by atoms with van der Waals surface area (Å²) in [5, 5.41) is 14.0. The van der Waals surface area contributed by atoms with Crippen LogP contribution in [-0.2, 0) is 17.8 Å². The van der Waals surface area contributed by atoms with Crippen LogP contribution in [0.3, 0.4) is 0 Å². The van der Waals surface area contributed by atoms with Crippen LogP contribution in [0.25, 0.3) is 22.3 Å². The van der Waals surface area contributed by atoms with Crippen molar-refractivity contribution in [2.75, 3.05) is 24.5 Å². The Bertz CT molecular complexity index is 1410. The van der Waals surface area contributed by atoms with Gasteiger partial charge in [0, 0.05) is 37.1 Å². The van der Waals surface area contributed by atoms with Crippen LogP contribution in [0, 0.1) is 5.82 Å². The first-order valence-electron chi connectivity index (χ1n) is 11.7. The molecule has 0 bridgehead atoms. The number of aliphatic hydroxyl groups is 1. The Balaban J connectivity index is 1.27. The number of hydrogen-bond donors (Lipinski definition) is 1. The predicted octanol–water partition coefficient (Wildman–Crippen LogP) is 2.70. The molecule has 10 heteroatoms. The molecule has 0 aliphatic carbocycles. The van der Waals surface area contributed by atoms with E-state index in [1.807, 2.05) is 23.2 Å². The Kier molecular flexibility index (Phi) is 5.37. The molecule has 1 saturated heterocycles. The number of piperidine rings is 1. The number of aliphatic hydroxyl groups excluding tert-OH is 1. The van der Waals surface area contributed by atoms with E-state index in [2.05, 4.69) is 15.1 Å². The Labute approximate surface area is 200 Å². The summed E-state index contributed by atoms with van der Waals surface area (Å²) in [5.74, 6) is 0.418. The fraction of sp³-hybridized carbons (Fsp3) is 0.320. The van der Waals surface area contributed by atoms with Crippen molar-refractivity contribution in [3.05, 3.63) is 60.4 Å². The van der Waals surface area contributed by atoms with Crippen molar-refractivity contribution in [2.24, 2.45) is 0 Å². The van der Waals surface area contributed by atoms with E-state index < -0.39 is 0 Å². The topological polar surface area (TPSA) is 100 Å². The first kappa shape index (κ1) is 21.6. The first-order valence-corrected chi connectivity index (χ1v) is 11.7. The molecular formula is C25H24FN7O2. The molecule has 35 heavy (non-hydrogen) atoms. The van der Waals surface area contributed by atoms with Crippen molar-refractivity contribution in [1.82, 2.24) is 29.6 Å². The van der Waals surface area contributed by atoms with Gasteiger partial charge in [-0.15, -0.1) is 0 Å². The van der Waals surface area contributed by atoms with Crippen LogP contribution in [-0.4, -0.2) is 66.4 Å². The lowest BCUT2D eigenvalue weighted by Gasteiger charge is -2.29. The number of likely N-dealkylation sites (tertiary alicyclic amines) is 1. The minimum Gasteiger partial charge on any atom is -0.393 e. The lowest BCUT2D eigenvalue weighted by Crippen LogP contribution is -2.41. The number of hydrogen-bond acceptors (Lipinski definition) is 7. The van der Waals surface area contributed by atoms with E-state index in [0.29, 0.717) is 55.0 Å². The maximum atomic E-state index is 13.7. The monoisotopic (exact) mass is 473 g/mol.